The molecular weight excluding hydrogens is 460 g/mol. The zero-order valence-electron chi connectivity index (χ0n) is 20.9. The molecule has 7 heteroatoms. The number of benzene rings is 3. The predicted molar refractivity (Wildman–Crippen MR) is 147 cm³/mol. The van der Waals surface area contributed by atoms with Crippen molar-refractivity contribution in [1.29, 1.82) is 0 Å². The van der Waals surface area contributed by atoms with Gasteiger partial charge in [-0.05, 0) is 46.4 Å². The summed E-state index contributed by atoms with van der Waals surface area (Å²) in [5.41, 5.74) is 7.19. The van der Waals surface area contributed by atoms with Crippen molar-refractivity contribution in [2.45, 2.75) is 39.3 Å². The van der Waals surface area contributed by atoms with Gasteiger partial charge in [-0.25, -0.2) is 0 Å². The van der Waals surface area contributed by atoms with Crippen molar-refractivity contribution >= 4 is 5.69 Å². The van der Waals surface area contributed by atoms with Crippen molar-refractivity contribution in [2.75, 3.05) is 5.32 Å². The third-order valence-electron chi connectivity index (χ3n) is 6.46. The van der Waals surface area contributed by atoms with Crippen LogP contribution < -0.4 is 10.9 Å². The van der Waals surface area contributed by atoms with Gasteiger partial charge in [0.25, 0.3) is 5.56 Å². The van der Waals surface area contributed by atoms with Crippen LogP contribution in [0.4, 0.5) is 5.69 Å². The summed E-state index contributed by atoms with van der Waals surface area (Å²) in [4.78, 5) is 13.2. The Morgan fingerprint density at radius 2 is 1.62 bits per heavy atom. The number of aromatic nitrogens is 5. The highest BCUT2D eigenvalue weighted by Gasteiger charge is 2.12. The highest BCUT2D eigenvalue weighted by atomic mass is 16.1. The van der Waals surface area contributed by atoms with Crippen molar-refractivity contribution in [3.8, 4) is 22.5 Å². The second-order valence-corrected chi connectivity index (χ2v) is 9.08. The largest absolute Gasteiger partial charge is 0.381 e. The molecule has 5 rings (SSSR count). The number of tetrazole rings is 1. The van der Waals surface area contributed by atoms with Crippen molar-refractivity contribution in [1.82, 2.24) is 25.2 Å². The van der Waals surface area contributed by atoms with E-state index in [1.807, 2.05) is 41.0 Å². The predicted octanol–water partition coefficient (Wildman–Crippen LogP) is 5.70. The number of nitrogens with zero attached hydrogens (tertiary/aromatic N) is 4. The van der Waals surface area contributed by atoms with E-state index < -0.39 is 0 Å². The highest BCUT2D eigenvalue weighted by Crippen LogP contribution is 2.29. The first-order valence-electron chi connectivity index (χ1n) is 12.6. The Balaban J connectivity index is 1.38. The van der Waals surface area contributed by atoms with Crippen molar-refractivity contribution in [3.05, 3.63) is 118 Å². The molecule has 5 aromatic rings. The molecule has 2 aromatic heterocycles. The first-order valence-corrected chi connectivity index (χ1v) is 12.6. The summed E-state index contributed by atoms with van der Waals surface area (Å²) in [5.74, 6) is 0.563. The molecule has 0 atom stereocenters. The molecule has 0 aliphatic carbocycles. The van der Waals surface area contributed by atoms with Crippen LogP contribution in [0.1, 0.15) is 36.6 Å². The molecule has 0 aliphatic rings. The van der Waals surface area contributed by atoms with Crippen LogP contribution in [0.3, 0.4) is 0 Å². The normalized spacial score (nSPS) is 10.9. The average molecular weight is 491 g/mol. The molecule has 7 nitrogen and oxygen atoms in total. The van der Waals surface area contributed by atoms with Crippen LogP contribution in [0.15, 0.2) is 95.8 Å². The van der Waals surface area contributed by atoms with E-state index in [0.29, 0.717) is 18.9 Å². The van der Waals surface area contributed by atoms with Crippen LogP contribution in [-0.2, 0) is 19.5 Å². The standard InChI is InChI=1S/C30H30N6O/c1-2-3-11-26-18-25(31-20-22-9-5-4-6-10-22)19-29(37)36(26)21-23-14-16-24(17-15-23)27-12-7-8-13-28(27)30-32-34-35-33-30/h4-10,12-19,31H,2-3,11,20-21H2,1H3,(H,32,33,34,35). The molecule has 0 amide bonds. The lowest BCUT2D eigenvalue weighted by Crippen LogP contribution is -2.24. The minimum atomic E-state index is 0.00990. The van der Waals surface area contributed by atoms with Crippen LogP contribution in [0.2, 0.25) is 0 Å². The Labute approximate surface area is 216 Å². The van der Waals surface area contributed by atoms with Crippen molar-refractivity contribution in [3.63, 3.8) is 0 Å². The van der Waals surface area contributed by atoms with Gasteiger partial charge in [-0.15, -0.1) is 10.2 Å². The molecule has 0 saturated heterocycles. The van der Waals surface area contributed by atoms with Gasteiger partial charge < -0.3 is 9.88 Å². The van der Waals surface area contributed by atoms with Gasteiger partial charge in [-0.2, -0.15) is 5.21 Å². The van der Waals surface area contributed by atoms with E-state index in [4.69, 9.17) is 0 Å². The molecule has 186 valence electrons. The van der Waals surface area contributed by atoms with Crippen LogP contribution in [0.5, 0.6) is 0 Å². The number of anilines is 1. The first kappa shape index (κ1) is 24.2. The number of rotatable bonds is 10. The maximum Gasteiger partial charge on any atom is 0.253 e. The Morgan fingerprint density at radius 3 is 2.35 bits per heavy atom. The van der Waals surface area contributed by atoms with Crippen molar-refractivity contribution in [2.24, 2.45) is 0 Å². The van der Waals surface area contributed by atoms with E-state index in [9.17, 15) is 4.79 Å². The minimum Gasteiger partial charge on any atom is -0.381 e. The van der Waals surface area contributed by atoms with Gasteiger partial charge in [-0.3, -0.25) is 4.79 Å². The van der Waals surface area contributed by atoms with Gasteiger partial charge in [0.15, 0.2) is 0 Å². The molecule has 0 radical (unpaired) electrons. The fourth-order valence-corrected chi connectivity index (χ4v) is 4.48. The third-order valence-corrected chi connectivity index (χ3v) is 6.46. The number of nitrogens with one attached hydrogen (secondary N) is 2. The summed E-state index contributed by atoms with van der Waals surface area (Å²) in [6, 6.07) is 30.4. The second kappa shape index (κ2) is 11.5. The van der Waals surface area contributed by atoms with Crippen LogP contribution in [-0.4, -0.2) is 25.2 Å². The highest BCUT2D eigenvalue weighted by molar-refractivity contribution is 5.80. The average Bonchev–Trinajstić information content (AvgIpc) is 3.48. The van der Waals surface area contributed by atoms with Gasteiger partial charge in [-0.1, -0.05) is 92.2 Å². The topological polar surface area (TPSA) is 88.5 Å². The number of pyridine rings is 1. The van der Waals surface area contributed by atoms with Gasteiger partial charge in [0.2, 0.25) is 5.82 Å². The van der Waals surface area contributed by atoms with Crippen LogP contribution in [0.25, 0.3) is 22.5 Å². The quantitative estimate of drug-likeness (QED) is 0.262. The Kier molecular flexibility index (Phi) is 7.50. The fourth-order valence-electron chi connectivity index (χ4n) is 4.48. The number of aryl methyl sites for hydroxylation is 1. The molecule has 2 heterocycles. The molecule has 0 spiro atoms. The number of unbranched alkanes of at least 4 members (excludes halogenated alkanes) is 1. The van der Waals surface area contributed by atoms with Gasteiger partial charge in [0, 0.05) is 29.6 Å². The van der Waals surface area contributed by atoms with E-state index in [-0.39, 0.29) is 5.56 Å². The maximum absolute atomic E-state index is 13.2. The second-order valence-electron chi connectivity index (χ2n) is 9.08. The number of aromatic amines is 1. The zero-order chi connectivity index (χ0) is 25.5. The number of hydrogen-bond donors (Lipinski definition) is 2. The summed E-state index contributed by atoms with van der Waals surface area (Å²) in [7, 11) is 0. The van der Waals surface area contributed by atoms with E-state index >= 15 is 0 Å². The lowest BCUT2D eigenvalue weighted by molar-refractivity contribution is 0.667. The van der Waals surface area contributed by atoms with E-state index in [1.165, 1.54) is 5.56 Å². The fraction of sp³-hybridized carbons (Fsp3) is 0.200. The molecule has 2 N–H and O–H groups in total. The molecule has 0 fully saturated rings. The van der Waals surface area contributed by atoms with Gasteiger partial charge in [0.1, 0.15) is 0 Å². The van der Waals surface area contributed by atoms with Gasteiger partial charge in [0.05, 0.1) is 6.54 Å². The van der Waals surface area contributed by atoms with Crippen LogP contribution >= 0.6 is 0 Å². The Bertz CT molecular complexity index is 1490. The monoisotopic (exact) mass is 490 g/mol. The maximum atomic E-state index is 13.2. The molecular formula is C30H30N6O. The number of hydrogen-bond acceptors (Lipinski definition) is 5. The SMILES string of the molecule is CCCCc1cc(NCc2ccccc2)cc(=O)n1Cc1ccc(-c2ccccc2-c2nn[nH]n2)cc1. The van der Waals surface area contributed by atoms with Crippen molar-refractivity contribution < 1.29 is 0 Å². The smallest absolute Gasteiger partial charge is 0.253 e. The summed E-state index contributed by atoms with van der Waals surface area (Å²) in [6.07, 6.45) is 2.97. The molecule has 3 aromatic carbocycles. The van der Waals surface area contributed by atoms with Crippen LogP contribution in [0, 0.1) is 0 Å². The first-order chi connectivity index (χ1) is 18.2. The summed E-state index contributed by atoms with van der Waals surface area (Å²) < 4.78 is 1.89. The Hall–Kier alpha value is -4.52. The Morgan fingerprint density at radius 1 is 0.865 bits per heavy atom. The molecule has 0 bridgehead atoms. The third kappa shape index (κ3) is 5.83. The zero-order valence-corrected chi connectivity index (χ0v) is 20.9. The molecule has 0 saturated carbocycles. The van der Waals surface area contributed by atoms with E-state index in [1.54, 1.807) is 6.07 Å². The number of H-pyrrole nitrogens is 1. The summed E-state index contributed by atoms with van der Waals surface area (Å²) in [6.45, 7) is 3.39. The van der Waals surface area contributed by atoms with Gasteiger partial charge >= 0.3 is 0 Å². The summed E-state index contributed by atoms with van der Waals surface area (Å²) >= 11 is 0. The lowest BCUT2D eigenvalue weighted by Gasteiger charge is -2.16. The molecule has 0 aliphatic heterocycles. The minimum absolute atomic E-state index is 0.00990. The molecule has 37 heavy (non-hydrogen) atoms. The lowest BCUT2D eigenvalue weighted by atomic mass is 9.98. The molecule has 0 unspecified atom stereocenters. The van der Waals surface area contributed by atoms with E-state index in [0.717, 1.165) is 52.9 Å². The summed E-state index contributed by atoms with van der Waals surface area (Å²) in [5, 5.41) is 17.9. The van der Waals surface area contributed by atoms with E-state index in [2.05, 4.69) is 81.4 Å².